The summed E-state index contributed by atoms with van der Waals surface area (Å²) < 4.78 is 5.37. The quantitative estimate of drug-likeness (QED) is 0.886. The van der Waals surface area contributed by atoms with Crippen LogP contribution in [0.4, 0.5) is 10.5 Å². The smallest absolute Gasteiger partial charge is 0.410 e. The first-order valence-electron chi connectivity index (χ1n) is 7.95. The first-order valence-corrected chi connectivity index (χ1v) is 8.83. The van der Waals surface area contributed by atoms with Crippen LogP contribution in [-0.2, 0) is 14.3 Å². The maximum atomic E-state index is 12.7. The van der Waals surface area contributed by atoms with Crippen LogP contribution in [0.2, 0.25) is 0 Å². The van der Waals surface area contributed by atoms with Crippen molar-refractivity contribution in [2.24, 2.45) is 0 Å². The molecule has 1 aromatic rings. The molecule has 1 aliphatic rings. The van der Waals surface area contributed by atoms with E-state index < -0.39 is 17.7 Å². The van der Waals surface area contributed by atoms with Crippen LogP contribution in [0, 0.1) is 13.8 Å². The summed E-state index contributed by atoms with van der Waals surface area (Å²) in [6, 6.07) is -0.834. The van der Waals surface area contributed by atoms with Crippen molar-refractivity contribution >= 4 is 34.8 Å². The zero-order chi connectivity index (χ0) is 18.1. The Kier molecular flexibility index (Phi) is 5.32. The minimum Gasteiger partial charge on any atom is -0.444 e. The molecule has 1 N–H and O–H groups in total. The molecule has 0 bridgehead atoms. The number of ether oxygens (including phenoxy) is 1. The summed E-state index contributed by atoms with van der Waals surface area (Å²) in [4.78, 5) is 39.2. The Morgan fingerprint density at radius 3 is 2.54 bits per heavy atom. The molecule has 0 aromatic carbocycles. The summed E-state index contributed by atoms with van der Waals surface area (Å²) in [5.41, 5.74) is 1.07. The maximum absolute atomic E-state index is 12.7. The van der Waals surface area contributed by atoms with Gasteiger partial charge in [-0.05, 0) is 45.6 Å². The zero-order valence-corrected chi connectivity index (χ0v) is 15.6. The third kappa shape index (κ3) is 4.35. The van der Waals surface area contributed by atoms with Crippen molar-refractivity contribution in [3.8, 4) is 0 Å². The predicted octanol–water partition coefficient (Wildman–Crippen LogP) is 3.27. The summed E-state index contributed by atoms with van der Waals surface area (Å²) >= 11 is 1.55. The van der Waals surface area contributed by atoms with Gasteiger partial charge in [-0.1, -0.05) is 0 Å². The SMILES string of the molecule is Cc1csc(C)c1NC(=O)[C@@H]1CC(=O)CCN1C(=O)OC(C)(C)C. The first-order chi connectivity index (χ1) is 11.1. The number of hydrogen-bond donors (Lipinski definition) is 1. The van der Waals surface area contributed by atoms with Crippen molar-refractivity contribution < 1.29 is 19.1 Å². The molecular formula is C17H24N2O4S. The summed E-state index contributed by atoms with van der Waals surface area (Å²) in [5.74, 6) is -0.368. The molecule has 0 radical (unpaired) electrons. The molecular weight excluding hydrogens is 328 g/mol. The summed E-state index contributed by atoms with van der Waals surface area (Å²) in [7, 11) is 0. The summed E-state index contributed by atoms with van der Waals surface area (Å²) in [5, 5.41) is 4.83. The maximum Gasteiger partial charge on any atom is 0.410 e. The molecule has 1 aromatic heterocycles. The number of hydrogen-bond acceptors (Lipinski definition) is 5. The number of ketones is 1. The minimum atomic E-state index is -0.834. The van der Waals surface area contributed by atoms with E-state index in [1.807, 2.05) is 19.2 Å². The van der Waals surface area contributed by atoms with Crippen molar-refractivity contribution in [3.63, 3.8) is 0 Å². The van der Waals surface area contributed by atoms with E-state index in [1.165, 1.54) is 4.90 Å². The zero-order valence-electron chi connectivity index (χ0n) is 14.8. The van der Waals surface area contributed by atoms with E-state index in [1.54, 1.807) is 32.1 Å². The van der Waals surface area contributed by atoms with Crippen molar-refractivity contribution in [1.29, 1.82) is 0 Å². The number of Topliss-reactive ketones (excluding diaryl/α,β-unsaturated/α-hetero) is 1. The van der Waals surface area contributed by atoms with E-state index in [0.29, 0.717) is 0 Å². The highest BCUT2D eigenvalue weighted by Crippen LogP contribution is 2.28. The fraction of sp³-hybridized carbons (Fsp3) is 0.588. The van der Waals surface area contributed by atoms with E-state index in [2.05, 4.69) is 5.32 Å². The number of nitrogens with zero attached hydrogens (tertiary/aromatic N) is 1. The average Bonchev–Trinajstić information content (AvgIpc) is 2.77. The van der Waals surface area contributed by atoms with Crippen LogP contribution in [0.5, 0.6) is 0 Å². The van der Waals surface area contributed by atoms with E-state index in [0.717, 1.165) is 16.1 Å². The summed E-state index contributed by atoms with van der Waals surface area (Å²) in [6.07, 6.45) is -0.291. The number of piperidine rings is 1. The standard InChI is InChI=1S/C17H24N2O4S/c1-10-9-24-11(2)14(10)18-15(21)13-8-12(20)6-7-19(13)16(22)23-17(3,4)5/h9,13H,6-8H2,1-5H3,(H,18,21)/t13-/m0/s1. The van der Waals surface area contributed by atoms with Gasteiger partial charge in [0, 0.05) is 24.3 Å². The van der Waals surface area contributed by atoms with Gasteiger partial charge in [0.15, 0.2) is 0 Å². The third-order valence-electron chi connectivity index (χ3n) is 3.77. The number of aryl methyl sites for hydroxylation is 2. The van der Waals surface area contributed by atoms with Gasteiger partial charge in [-0.2, -0.15) is 0 Å². The van der Waals surface area contributed by atoms with Crippen LogP contribution >= 0.6 is 11.3 Å². The highest BCUT2D eigenvalue weighted by molar-refractivity contribution is 7.10. The lowest BCUT2D eigenvalue weighted by molar-refractivity contribution is -0.130. The lowest BCUT2D eigenvalue weighted by Crippen LogP contribution is -2.53. The van der Waals surface area contributed by atoms with Crippen LogP contribution in [0.25, 0.3) is 0 Å². The van der Waals surface area contributed by atoms with Gasteiger partial charge in [0.1, 0.15) is 17.4 Å². The number of nitrogens with one attached hydrogen (secondary N) is 1. The summed E-state index contributed by atoms with van der Waals surface area (Å²) in [6.45, 7) is 9.35. The number of rotatable bonds is 2. The number of likely N-dealkylation sites (tertiary alicyclic amines) is 1. The number of amides is 2. The van der Waals surface area contributed by atoms with Gasteiger partial charge in [-0.3, -0.25) is 14.5 Å². The van der Waals surface area contributed by atoms with Crippen molar-refractivity contribution in [3.05, 3.63) is 15.8 Å². The van der Waals surface area contributed by atoms with Gasteiger partial charge in [0.05, 0.1) is 5.69 Å². The lowest BCUT2D eigenvalue weighted by atomic mass is 10.0. The molecule has 132 valence electrons. The average molecular weight is 352 g/mol. The minimum absolute atomic E-state index is 0.0197. The van der Waals surface area contributed by atoms with Gasteiger partial charge in [-0.25, -0.2) is 4.79 Å². The van der Waals surface area contributed by atoms with Crippen molar-refractivity contribution in [2.45, 2.75) is 59.1 Å². The molecule has 2 rings (SSSR count). The number of carbonyl (C=O) groups excluding carboxylic acids is 3. The molecule has 0 spiro atoms. The second-order valence-corrected chi connectivity index (χ2v) is 8.11. The Morgan fingerprint density at radius 1 is 1.33 bits per heavy atom. The highest BCUT2D eigenvalue weighted by Gasteiger charge is 2.38. The molecule has 2 amide bonds. The molecule has 2 heterocycles. The van der Waals surface area contributed by atoms with Crippen LogP contribution in [-0.4, -0.2) is 40.9 Å². The fourth-order valence-corrected chi connectivity index (χ4v) is 3.37. The molecule has 0 saturated carbocycles. The monoisotopic (exact) mass is 352 g/mol. The van der Waals surface area contributed by atoms with Crippen LogP contribution < -0.4 is 5.32 Å². The third-order valence-corrected chi connectivity index (χ3v) is 4.80. The molecule has 24 heavy (non-hydrogen) atoms. The molecule has 1 saturated heterocycles. The number of thiophene rings is 1. The van der Waals surface area contributed by atoms with Crippen LogP contribution in [0.15, 0.2) is 5.38 Å². The molecule has 0 unspecified atom stereocenters. The topological polar surface area (TPSA) is 75.7 Å². The fourth-order valence-electron chi connectivity index (χ4n) is 2.57. The lowest BCUT2D eigenvalue weighted by Gasteiger charge is -2.35. The van der Waals surface area contributed by atoms with E-state index >= 15 is 0 Å². The molecule has 7 heteroatoms. The number of anilines is 1. The Morgan fingerprint density at radius 2 is 2.00 bits per heavy atom. The molecule has 6 nitrogen and oxygen atoms in total. The Balaban J connectivity index is 2.17. The van der Waals surface area contributed by atoms with E-state index in [9.17, 15) is 14.4 Å². The van der Waals surface area contributed by atoms with Crippen molar-refractivity contribution in [2.75, 3.05) is 11.9 Å². The highest BCUT2D eigenvalue weighted by atomic mass is 32.1. The van der Waals surface area contributed by atoms with E-state index in [4.69, 9.17) is 4.74 Å². The van der Waals surface area contributed by atoms with Gasteiger partial charge in [0.25, 0.3) is 0 Å². The van der Waals surface area contributed by atoms with Gasteiger partial charge in [-0.15, -0.1) is 11.3 Å². The number of carbonyl (C=O) groups is 3. The predicted molar refractivity (Wildman–Crippen MR) is 93.4 cm³/mol. The van der Waals surface area contributed by atoms with Crippen LogP contribution in [0.1, 0.15) is 44.1 Å². The van der Waals surface area contributed by atoms with Crippen LogP contribution in [0.3, 0.4) is 0 Å². The Hall–Kier alpha value is -1.89. The normalized spacial score (nSPS) is 18.5. The van der Waals surface area contributed by atoms with Crippen molar-refractivity contribution in [1.82, 2.24) is 4.90 Å². The van der Waals surface area contributed by atoms with E-state index in [-0.39, 0.29) is 31.1 Å². The largest absolute Gasteiger partial charge is 0.444 e. The Labute approximate surface area is 146 Å². The molecule has 1 fully saturated rings. The first kappa shape index (κ1) is 18.4. The second-order valence-electron chi connectivity index (χ2n) is 7.02. The molecule has 1 atom stereocenters. The molecule has 1 aliphatic heterocycles. The van der Waals surface area contributed by atoms with Gasteiger partial charge in [0.2, 0.25) is 5.91 Å². The van der Waals surface area contributed by atoms with Gasteiger partial charge < -0.3 is 10.1 Å². The molecule has 0 aliphatic carbocycles. The van der Waals surface area contributed by atoms with Gasteiger partial charge >= 0.3 is 6.09 Å². The Bertz CT molecular complexity index is 641. The second kappa shape index (κ2) is 6.93.